The Bertz CT molecular complexity index is 743. The number of anilines is 1. The number of likely N-dealkylation sites (tertiary alicyclic amines) is 1. The SMILES string of the molecule is CC(C)NC(=O)Nc1cccc(C(=O)N2CCCC2c2ccsc2)c1. The van der Waals surface area contributed by atoms with E-state index in [1.807, 2.05) is 24.1 Å². The van der Waals surface area contributed by atoms with Gasteiger partial charge in [-0.1, -0.05) is 6.07 Å². The first-order valence-corrected chi connectivity index (χ1v) is 9.49. The molecule has 2 N–H and O–H groups in total. The fourth-order valence-corrected chi connectivity index (χ4v) is 3.85. The van der Waals surface area contributed by atoms with E-state index in [1.165, 1.54) is 5.56 Å². The lowest BCUT2D eigenvalue weighted by Gasteiger charge is -2.24. The van der Waals surface area contributed by atoms with Crippen molar-refractivity contribution in [2.75, 3.05) is 11.9 Å². The molecule has 1 aromatic heterocycles. The molecule has 1 fully saturated rings. The summed E-state index contributed by atoms with van der Waals surface area (Å²) in [5, 5.41) is 9.72. The molecule has 1 aliphatic rings. The highest BCUT2D eigenvalue weighted by Crippen LogP contribution is 2.34. The molecule has 2 heterocycles. The van der Waals surface area contributed by atoms with Crippen molar-refractivity contribution in [1.29, 1.82) is 0 Å². The Balaban J connectivity index is 1.74. The number of hydrogen-bond acceptors (Lipinski definition) is 3. The number of carbonyl (C=O) groups excluding carboxylic acids is 2. The second kappa shape index (κ2) is 7.70. The third-order valence-corrected chi connectivity index (χ3v) is 4.93. The largest absolute Gasteiger partial charge is 0.336 e. The normalized spacial score (nSPS) is 16.9. The Hall–Kier alpha value is -2.34. The van der Waals surface area contributed by atoms with Gasteiger partial charge >= 0.3 is 6.03 Å². The molecule has 0 spiro atoms. The van der Waals surface area contributed by atoms with Crippen LogP contribution < -0.4 is 10.6 Å². The Morgan fingerprint density at radius 1 is 1.28 bits per heavy atom. The second-order valence-electron chi connectivity index (χ2n) is 6.55. The molecule has 132 valence electrons. The average Bonchev–Trinajstić information content (AvgIpc) is 3.24. The summed E-state index contributed by atoms with van der Waals surface area (Å²) in [6.45, 7) is 4.57. The molecule has 1 aliphatic heterocycles. The monoisotopic (exact) mass is 357 g/mol. The van der Waals surface area contributed by atoms with Crippen LogP contribution in [0, 0.1) is 0 Å². The van der Waals surface area contributed by atoms with E-state index >= 15 is 0 Å². The van der Waals surface area contributed by atoms with Crippen LogP contribution >= 0.6 is 11.3 Å². The van der Waals surface area contributed by atoms with Crippen molar-refractivity contribution in [3.63, 3.8) is 0 Å². The van der Waals surface area contributed by atoms with Crippen LogP contribution in [0.25, 0.3) is 0 Å². The molecule has 1 atom stereocenters. The number of carbonyl (C=O) groups is 2. The van der Waals surface area contributed by atoms with E-state index in [2.05, 4.69) is 22.1 Å². The first-order chi connectivity index (χ1) is 12.0. The maximum absolute atomic E-state index is 13.0. The zero-order valence-electron chi connectivity index (χ0n) is 14.5. The van der Waals surface area contributed by atoms with Crippen LogP contribution in [0.1, 0.15) is 48.7 Å². The quantitative estimate of drug-likeness (QED) is 0.859. The first kappa shape index (κ1) is 17.5. The van der Waals surface area contributed by atoms with Crippen LogP contribution in [-0.4, -0.2) is 29.4 Å². The van der Waals surface area contributed by atoms with Crippen molar-refractivity contribution in [1.82, 2.24) is 10.2 Å². The van der Waals surface area contributed by atoms with Gasteiger partial charge in [0.25, 0.3) is 5.91 Å². The number of hydrogen-bond donors (Lipinski definition) is 2. The fraction of sp³-hybridized carbons (Fsp3) is 0.368. The van der Waals surface area contributed by atoms with Gasteiger partial charge in [-0.25, -0.2) is 4.79 Å². The van der Waals surface area contributed by atoms with E-state index in [-0.39, 0.29) is 24.0 Å². The van der Waals surface area contributed by atoms with Crippen LogP contribution in [0.15, 0.2) is 41.1 Å². The number of benzene rings is 1. The van der Waals surface area contributed by atoms with Gasteiger partial charge in [-0.15, -0.1) is 0 Å². The van der Waals surface area contributed by atoms with Gasteiger partial charge in [-0.2, -0.15) is 11.3 Å². The van der Waals surface area contributed by atoms with Crippen molar-refractivity contribution in [3.8, 4) is 0 Å². The van der Waals surface area contributed by atoms with Crippen LogP contribution in [0.3, 0.4) is 0 Å². The number of urea groups is 1. The van der Waals surface area contributed by atoms with Gasteiger partial charge in [-0.3, -0.25) is 4.79 Å². The Morgan fingerprint density at radius 3 is 2.84 bits per heavy atom. The highest BCUT2D eigenvalue weighted by atomic mass is 32.1. The van der Waals surface area contributed by atoms with Gasteiger partial charge in [0.2, 0.25) is 0 Å². The molecule has 6 heteroatoms. The van der Waals surface area contributed by atoms with Gasteiger partial charge in [-0.05, 0) is 67.3 Å². The van der Waals surface area contributed by atoms with E-state index in [9.17, 15) is 9.59 Å². The minimum atomic E-state index is -0.267. The molecular formula is C19H23N3O2S. The maximum atomic E-state index is 13.0. The summed E-state index contributed by atoms with van der Waals surface area (Å²) >= 11 is 1.66. The number of amides is 3. The number of nitrogens with zero attached hydrogens (tertiary/aromatic N) is 1. The summed E-state index contributed by atoms with van der Waals surface area (Å²) in [6.07, 6.45) is 2.01. The van der Waals surface area contributed by atoms with Gasteiger partial charge in [0.15, 0.2) is 0 Å². The van der Waals surface area contributed by atoms with Crippen molar-refractivity contribution in [3.05, 3.63) is 52.2 Å². The summed E-state index contributed by atoms with van der Waals surface area (Å²) in [7, 11) is 0. The van der Waals surface area contributed by atoms with Crippen molar-refractivity contribution >= 4 is 29.0 Å². The fourth-order valence-electron chi connectivity index (χ4n) is 3.15. The molecule has 3 rings (SSSR count). The highest BCUT2D eigenvalue weighted by Gasteiger charge is 2.30. The van der Waals surface area contributed by atoms with Crippen LogP contribution in [0.2, 0.25) is 0 Å². The van der Waals surface area contributed by atoms with Crippen LogP contribution in [0.5, 0.6) is 0 Å². The van der Waals surface area contributed by atoms with Crippen molar-refractivity contribution < 1.29 is 9.59 Å². The third kappa shape index (κ3) is 4.20. The Morgan fingerprint density at radius 2 is 2.12 bits per heavy atom. The van der Waals surface area contributed by atoms with E-state index < -0.39 is 0 Å². The Kier molecular flexibility index (Phi) is 5.38. The summed E-state index contributed by atoms with van der Waals surface area (Å²) in [6, 6.07) is 9.17. The van der Waals surface area contributed by atoms with Crippen LogP contribution in [-0.2, 0) is 0 Å². The third-order valence-electron chi connectivity index (χ3n) is 4.23. The minimum absolute atomic E-state index is 0.0154. The van der Waals surface area contributed by atoms with Crippen LogP contribution in [0.4, 0.5) is 10.5 Å². The molecule has 3 amide bonds. The molecule has 0 saturated carbocycles. The van der Waals surface area contributed by atoms with E-state index in [1.54, 1.807) is 35.6 Å². The predicted molar refractivity (Wildman–Crippen MR) is 101 cm³/mol. The maximum Gasteiger partial charge on any atom is 0.319 e. The summed E-state index contributed by atoms with van der Waals surface area (Å²) in [5.41, 5.74) is 2.43. The lowest BCUT2D eigenvalue weighted by molar-refractivity contribution is 0.0736. The lowest BCUT2D eigenvalue weighted by atomic mass is 10.1. The molecule has 2 aromatic rings. The highest BCUT2D eigenvalue weighted by molar-refractivity contribution is 7.08. The molecule has 0 radical (unpaired) electrons. The van der Waals surface area contributed by atoms with E-state index in [0.717, 1.165) is 19.4 Å². The number of nitrogens with one attached hydrogen (secondary N) is 2. The molecule has 1 saturated heterocycles. The molecule has 25 heavy (non-hydrogen) atoms. The van der Waals surface area contributed by atoms with E-state index in [0.29, 0.717) is 11.3 Å². The second-order valence-corrected chi connectivity index (χ2v) is 7.33. The summed E-state index contributed by atoms with van der Waals surface area (Å²) in [4.78, 5) is 26.8. The number of rotatable bonds is 4. The number of thiophene rings is 1. The molecular weight excluding hydrogens is 334 g/mol. The molecule has 5 nitrogen and oxygen atoms in total. The molecule has 0 aliphatic carbocycles. The van der Waals surface area contributed by atoms with E-state index in [4.69, 9.17) is 0 Å². The first-order valence-electron chi connectivity index (χ1n) is 8.55. The summed E-state index contributed by atoms with van der Waals surface area (Å²) in [5.74, 6) is 0.0154. The van der Waals surface area contributed by atoms with Gasteiger partial charge in [0.1, 0.15) is 0 Å². The average molecular weight is 357 g/mol. The van der Waals surface area contributed by atoms with Crippen molar-refractivity contribution in [2.24, 2.45) is 0 Å². The van der Waals surface area contributed by atoms with Gasteiger partial charge in [0, 0.05) is 23.8 Å². The topological polar surface area (TPSA) is 61.4 Å². The smallest absolute Gasteiger partial charge is 0.319 e. The molecule has 0 bridgehead atoms. The zero-order chi connectivity index (χ0) is 17.8. The predicted octanol–water partition coefficient (Wildman–Crippen LogP) is 4.26. The lowest BCUT2D eigenvalue weighted by Crippen LogP contribution is -2.34. The zero-order valence-corrected chi connectivity index (χ0v) is 15.3. The minimum Gasteiger partial charge on any atom is -0.336 e. The van der Waals surface area contributed by atoms with Gasteiger partial charge in [0.05, 0.1) is 6.04 Å². The molecule has 1 unspecified atom stereocenters. The van der Waals surface area contributed by atoms with Crippen molar-refractivity contribution in [2.45, 2.75) is 38.8 Å². The van der Waals surface area contributed by atoms with Gasteiger partial charge < -0.3 is 15.5 Å². The Labute approximate surface area is 152 Å². The standard InChI is InChI=1S/C19H23N3O2S/c1-13(2)20-19(24)21-16-6-3-5-14(11-16)18(23)22-9-4-7-17(22)15-8-10-25-12-15/h3,5-6,8,10-13,17H,4,7,9H2,1-2H3,(H2,20,21,24). The summed E-state index contributed by atoms with van der Waals surface area (Å²) < 4.78 is 0. The molecule has 1 aromatic carbocycles.